The average molecular weight is 342 g/mol. The van der Waals surface area contributed by atoms with Crippen LogP contribution in [0.5, 0.6) is 11.5 Å². The first-order valence-corrected chi connectivity index (χ1v) is 7.21. The Kier molecular flexibility index (Phi) is 5.59. The van der Waals surface area contributed by atoms with E-state index in [2.05, 4.69) is 5.32 Å². The number of rotatable bonds is 7. The summed E-state index contributed by atoms with van der Waals surface area (Å²) >= 11 is 0. The summed E-state index contributed by atoms with van der Waals surface area (Å²) in [7, 11) is 0. The highest BCUT2D eigenvalue weighted by Crippen LogP contribution is 2.16. The van der Waals surface area contributed by atoms with Crippen LogP contribution >= 0.6 is 12.4 Å². The van der Waals surface area contributed by atoms with Gasteiger partial charge >= 0.3 is 0 Å². The summed E-state index contributed by atoms with van der Waals surface area (Å²) in [6.07, 6.45) is 0.132. The lowest BCUT2D eigenvalue weighted by Gasteiger charge is -2.17. The van der Waals surface area contributed by atoms with Crippen molar-refractivity contribution in [2.75, 3.05) is 6.54 Å². The van der Waals surface area contributed by atoms with Crippen molar-refractivity contribution in [3.05, 3.63) is 59.6 Å². The van der Waals surface area contributed by atoms with Crippen molar-refractivity contribution in [1.82, 2.24) is 5.32 Å². The van der Waals surface area contributed by atoms with Crippen LogP contribution in [0.4, 0.5) is 0 Å². The number of hydrogen-bond acceptors (Lipinski definition) is 4. The molecule has 0 amide bonds. The van der Waals surface area contributed by atoms with Gasteiger partial charge in [0.15, 0.2) is 0 Å². The van der Waals surface area contributed by atoms with Crippen LogP contribution in [-0.2, 0) is 6.42 Å². The van der Waals surface area contributed by atoms with Crippen LogP contribution in [0, 0.1) is 0 Å². The summed E-state index contributed by atoms with van der Waals surface area (Å²) in [5.74, 6) is -0.497. The van der Waals surface area contributed by atoms with Gasteiger partial charge in [0.2, 0.25) is 0 Å². The first kappa shape index (κ1) is 13.7. The average Bonchev–Trinajstić information content (AvgIpc) is 2.63. The zero-order chi connectivity index (χ0) is 19.4. The van der Waals surface area contributed by atoms with E-state index in [9.17, 15) is 15.3 Å². The second kappa shape index (κ2) is 9.40. The van der Waals surface area contributed by atoms with E-state index in [1.165, 1.54) is 12.1 Å². The number of phenols is 2. The molecule has 0 unspecified atom stereocenters. The van der Waals surface area contributed by atoms with Gasteiger partial charge in [-0.05, 0) is 55.1 Å². The molecule has 2 rings (SSSR count). The Labute approximate surface area is 148 Å². The number of aliphatic hydroxyl groups is 1. The summed E-state index contributed by atoms with van der Waals surface area (Å²) in [6, 6.07) is 4.98. The molecular weight excluding hydrogens is 314 g/mol. The third-order valence-electron chi connectivity index (χ3n) is 3.43. The van der Waals surface area contributed by atoms with Crippen molar-refractivity contribution in [1.29, 1.82) is 0 Å². The Hall–Kier alpha value is -1.75. The second-order valence-electron chi connectivity index (χ2n) is 5.28. The van der Waals surface area contributed by atoms with Crippen LogP contribution in [0.25, 0.3) is 0 Å². The minimum Gasteiger partial charge on any atom is -0.508 e. The molecule has 0 aliphatic rings. The maximum atomic E-state index is 10.2. The Morgan fingerprint density at radius 3 is 2.26 bits per heavy atom. The Balaban J connectivity index is 0.00000364. The fourth-order valence-corrected chi connectivity index (χ4v) is 2.05. The van der Waals surface area contributed by atoms with Gasteiger partial charge in [0.05, 0.1) is 11.6 Å². The van der Waals surface area contributed by atoms with Crippen molar-refractivity contribution in [3.63, 3.8) is 0 Å². The van der Waals surface area contributed by atoms with Gasteiger partial charge in [-0.1, -0.05) is 24.2 Å². The van der Waals surface area contributed by atoms with Gasteiger partial charge in [0, 0.05) is 12.6 Å². The fourth-order valence-electron chi connectivity index (χ4n) is 2.05. The molecule has 4 N–H and O–H groups in total. The summed E-state index contributed by atoms with van der Waals surface area (Å²) in [5, 5.41) is 32.2. The van der Waals surface area contributed by atoms with Crippen LogP contribution in [0.2, 0.25) is 0 Å². The van der Waals surface area contributed by atoms with Crippen LogP contribution < -0.4 is 5.32 Å². The molecule has 0 fully saturated rings. The van der Waals surface area contributed by atoms with E-state index in [1.807, 2.05) is 6.92 Å². The van der Waals surface area contributed by atoms with Crippen LogP contribution in [0.15, 0.2) is 48.4 Å². The lowest BCUT2D eigenvalue weighted by molar-refractivity contribution is 0.170. The molecule has 0 spiro atoms. The largest absolute Gasteiger partial charge is 0.508 e. The molecule has 0 saturated heterocycles. The highest BCUT2D eigenvalue weighted by Gasteiger charge is 2.09. The number of benzene rings is 2. The molecule has 2 atom stereocenters. The van der Waals surface area contributed by atoms with Gasteiger partial charge in [-0.2, -0.15) is 0 Å². The lowest BCUT2D eigenvalue weighted by atomic mass is 10.1. The first-order chi connectivity index (χ1) is 12.2. The molecule has 0 aromatic heterocycles. The van der Waals surface area contributed by atoms with Crippen molar-refractivity contribution in [3.8, 4) is 11.5 Å². The Bertz CT molecular complexity index is 745. The number of halogens is 1. The van der Waals surface area contributed by atoms with Gasteiger partial charge in [-0.25, -0.2) is 0 Å². The van der Waals surface area contributed by atoms with Crippen molar-refractivity contribution in [2.24, 2.45) is 0 Å². The van der Waals surface area contributed by atoms with E-state index >= 15 is 0 Å². The zero-order valence-electron chi connectivity index (χ0n) is 16.8. The molecule has 5 heteroatoms. The molecule has 0 aliphatic heterocycles. The molecular formula is C18H24ClNO3. The molecule has 4 nitrogen and oxygen atoms in total. The fraction of sp³-hybridized carbons (Fsp3) is 0.333. The van der Waals surface area contributed by atoms with Gasteiger partial charge < -0.3 is 20.6 Å². The predicted molar refractivity (Wildman–Crippen MR) is 94.2 cm³/mol. The number of aromatic hydroxyl groups is 2. The molecule has 0 bridgehead atoms. The highest BCUT2D eigenvalue weighted by atomic mass is 35.5. The monoisotopic (exact) mass is 341 g/mol. The van der Waals surface area contributed by atoms with Crippen LogP contribution in [0.3, 0.4) is 0 Å². The van der Waals surface area contributed by atoms with Crippen molar-refractivity contribution in [2.45, 2.75) is 31.9 Å². The molecule has 2 aromatic carbocycles. The molecule has 0 saturated carbocycles. The highest BCUT2D eigenvalue weighted by molar-refractivity contribution is 5.85. The smallest absolute Gasteiger partial charge is 0.115 e. The number of hydrogen-bond donors (Lipinski definition) is 4. The van der Waals surface area contributed by atoms with Crippen LogP contribution in [0.1, 0.15) is 36.1 Å². The van der Waals surface area contributed by atoms with E-state index in [-0.39, 0.29) is 41.8 Å². The number of phenolic OH excluding ortho intramolecular Hbond substituents is 2. The maximum Gasteiger partial charge on any atom is 0.115 e. The van der Waals surface area contributed by atoms with Crippen LogP contribution in [-0.4, -0.2) is 27.9 Å². The Morgan fingerprint density at radius 1 is 1.04 bits per heavy atom. The third-order valence-corrected chi connectivity index (χ3v) is 3.43. The normalized spacial score (nSPS) is 15.6. The summed E-state index contributed by atoms with van der Waals surface area (Å²) < 4.78 is 31.1. The number of nitrogens with one attached hydrogen (secondary N) is 1. The minimum atomic E-state index is -0.732. The second-order valence-corrected chi connectivity index (χ2v) is 5.28. The first-order valence-electron chi connectivity index (χ1n) is 9.21. The topological polar surface area (TPSA) is 72.7 Å². The van der Waals surface area contributed by atoms with Gasteiger partial charge in [0.1, 0.15) is 11.5 Å². The number of aliphatic hydroxyl groups excluding tert-OH is 1. The molecule has 0 aliphatic carbocycles. The molecule has 126 valence electrons. The van der Waals surface area contributed by atoms with Gasteiger partial charge in [-0.15, -0.1) is 12.4 Å². The molecule has 0 heterocycles. The van der Waals surface area contributed by atoms with E-state index in [0.717, 1.165) is 0 Å². The maximum absolute atomic E-state index is 10.2. The standard InChI is InChI=1S/C18H23NO3.ClH/c1-13(2-3-14-4-8-16(20)9-5-14)19-12-18(22)15-6-10-17(21)11-7-15;/h4-11,13,18-22H,2-3,12H2,1H3;1H/t13-,18+;/m1./s1/i4D,5D,8D,9D;. The third kappa shape index (κ3) is 6.48. The van der Waals surface area contributed by atoms with Gasteiger partial charge in [0.25, 0.3) is 0 Å². The lowest BCUT2D eigenvalue weighted by Crippen LogP contribution is -2.30. The van der Waals surface area contributed by atoms with Gasteiger partial charge in [-0.3, -0.25) is 0 Å². The summed E-state index contributed by atoms with van der Waals surface area (Å²) in [6.45, 7) is 2.21. The van der Waals surface area contributed by atoms with E-state index < -0.39 is 23.9 Å². The molecule has 2 aromatic rings. The van der Waals surface area contributed by atoms with Crippen molar-refractivity contribution >= 4 is 12.4 Å². The minimum absolute atomic E-state index is 0. The summed E-state index contributed by atoms with van der Waals surface area (Å²) in [5.41, 5.74) is 0.950. The predicted octanol–water partition coefficient (Wildman–Crippen LogP) is 3.16. The molecule has 0 radical (unpaired) electrons. The zero-order valence-corrected chi connectivity index (χ0v) is 13.7. The van der Waals surface area contributed by atoms with E-state index in [4.69, 9.17) is 5.48 Å². The van der Waals surface area contributed by atoms with E-state index in [1.54, 1.807) is 12.1 Å². The van der Waals surface area contributed by atoms with E-state index in [0.29, 0.717) is 24.9 Å². The SMILES string of the molecule is Cl.[2H]c1c([2H])c(CC[C@@H](C)NC[C@H](O)c2ccc(O)cc2)c([2H])c([2H])c1O. The Morgan fingerprint density at radius 2 is 1.65 bits per heavy atom. The summed E-state index contributed by atoms with van der Waals surface area (Å²) in [4.78, 5) is 0. The van der Waals surface area contributed by atoms with Crippen molar-refractivity contribution < 1.29 is 20.8 Å². The quantitative estimate of drug-likeness (QED) is 0.624. The molecule has 23 heavy (non-hydrogen) atoms.